The molecule has 3 aliphatic rings. The standard InChI is InChI=1S/C23H38N2O6/c1-22(2,3)31-21(29)24-14-16(13-17(24)20(27)28)25(19(26)18-7-6-12-30-18)15-8-10-23(4,5)11-9-15/h15-18H,6-14H2,1-5H3,(H,27,28)/t16-,17+,18-/m0/s1. The fourth-order valence-electron chi connectivity index (χ4n) is 5.03. The predicted octanol–water partition coefficient (Wildman–Crippen LogP) is 3.43. The SMILES string of the molecule is CC1(C)CCC(N(C(=O)[C@@H]2CCCO2)[C@H]2C[C@H](C(=O)O)N(C(=O)OC(C)(C)C)C2)CC1. The number of carbonyl (C=O) groups is 3. The van der Waals surface area contributed by atoms with Crippen molar-refractivity contribution < 1.29 is 29.0 Å². The maximum Gasteiger partial charge on any atom is 0.411 e. The average molecular weight is 439 g/mol. The highest BCUT2D eigenvalue weighted by atomic mass is 16.6. The molecular formula is C23H38N2O6. The van der Waals surface area contributed by atoms with Crippen LogP contribution in [0.3, 0.4) is 0 Å². The van der Waals surface area contributed by atoms with Crippen molar-refractivity contribution in [2.75, 3.05) is 13.2 Å². The van der Waals surface area contributed by atoms with Crippen LogP contribution >= 0.6 is 0 Å². The Labute approximate surface area is 185 Å². The first-order valence-corrected chi connectivity index (χ1v) is 11.5. The Morgan fingerprint density at radius 2 is 1.74 bits per heavy atom. The summed E-state index contributed by atoms with van der Waals surface area (Å²) >= 11 is 0. The van der Waals surface area contributed by atoms with E-state index in [1.807, 2.05) is 4.90 Å². The maximum atomic E-state index is 13.5. The van der Waals surface area contributed by atoms with Crippen LogP contribution in [0.25, 0.3) is 0 Å². The summed E-state index contributed by atoms with van der Waals surface area (Å²) < 4.78 is 11.1. The molecule has 2 aliphatic heterocycles. The number of hydrogen-bond donors (Lipinski definition) is 1. The van der Waals surface area contributed by atoms with E-state index in [2.05, 4.69) is 13.8 Å². The van der Waals surface area contributed by atoms with Gasteiger partial charge in [-0.15, -0.1) is 0 Å². The minimum atomic E-state index is -1.07. The van der Waals surface area contributed by atoms with E-state index in [1.165, 1.54) is 4.90 Å². The minimum absolute atomic E-state index is 0.0442. The second kappa shape index (κ2) is 8.96. The van der Waals surface area contributed by atoms with E-state index >= 15 is 0 Å². The maximum absolute atomic E-state index is 13.5. The van der Waals surface area contributed by atoms with Gasteiger partial charge in [0.15, 0.2) is 0 Å². The van der Waals surface area contributed by atoms with Gasteiger partial charge < -0.3 is 19.5 Å². The van der Waals surface area contributed by atoms with Crippen molar-refractivity contribution in [3.63, 3.8) is 0 Å². The first-order chi connectivity index (χ1) is 14.4. The highest BCUT2D eigenvalue weighted by molar-refractivity contribution is 5.84. The van der Waals surface area contributed by atoms with Gasteiger partial charge in [-0.2, -0.15) is 0 Å². The normalized spacial score (nSPS) is 29.1. The lowest BCUT2D eigenvalue weighted by Crippen LogP contribution is -2.53. The quantitative estimate of drug-likeness (QED) is 0.722. The lowest BCUT2D eigenvalue weighted by Gasteiger charge is -2.43. The summed E-state index contributed by atoms with van der Waals surface area (Å²) in [5.74, 6) is -1.12. The van der Waals surface area contributed by atoms with E-state index in [0.29, 0.717) is 13.0 Å². The van der Waals surface area contributed by atoms with Gasteiger partial charge in [0.2, 0.25) is 0 Å². The van der Waals surface area contributed by atoms with Crippen molar-refractivity contribution in [3.8, 4) is 0 Å². The third-order valence-electron chi connectivity index (χ3n) is 6.75. The largest absolute Gasteiger partial charge is 0.480 e. The van der Waals surface area contributed by atoms with Crippen LogP contribution in [0.1, 0.15) is 79.6 Å². The molecule has 0 radical (unpaired) electrons. The van der Waals surface area contributed by atoms with Crippen molar-refractivity contribution in [2.45, 2.75) is 109 Å². The van der Waals surface area contributed by atoms with Crippen LogP contribution in [0.4, 0.5) is 4.79 Å². The van der Waals surface area contributed by atoms with Gasteiger partial charge in [0.05, 0.1) is 6.04 Å². The number of likely N-dealkylation sites (tertiary alicyclic amines) is 1. The molecule has 1 N–H and O–H groups in total. The van der Waals surface area contributed by atoms with Crippen LogP contribution in [0.15, 0.2) is 0 Å². The summed E-state index contributed by atoms with van der Waals surface area (Å²) in [5, 5.41) is 9.78. The number of carboxylic acid groups (broad SMARTS) is 1. The van der Waals surface area contributed by atoms with E-state index in [0.717, 1.165) is 32.1 Å². The van der Waals surface area contributed by atoms with Crippen LogP contribution in [0.5, 0.6) is 0 Å². The van der Waals surface area contributed by atoms with Gasteiger partial charge >= 0.3 is 12.1 Å². The van der Waals surface area contributed by atoms with Gasteiger partial charge in [-0.05, 0) is 64.7 Å². The molecule has 2 amide bonds. The zero-order valence-electron chi connectivity index (χ0n) is 19.6. The van der Waals surface area contributed by atoms with E-state index in [1.54, 1.807) is 20.8 Å². The first kappa shape index (κ1) is 23.8. The summed E-state index contributed by atoms with van der Waals surface area (Å²) in [5.41, 5.74) is -0.475. The fraction of sp³-hybridized carbons (Fsp3) is 0.870. The third kappa shape index (κ3) is 5.70. The lowest BCUT2D eigenvalue weighted by molar-refractivity contribution is -0.148. The molecule has 0 aromatic carbocycles. The van der Waals surface area contributed by atoms with E-state index in [9.17, 15) is 19.5 Å². The molecule has 176 valence electrons. The molecule has 3 atom stereocenters. The molecule has 3 fully saturated rings. The van der Waals surface area contributed by atoms with E-state index in [-0.39, 0.29) is 36.4 Å². The number of ether oxygens (including phenoxy) is 2. The summed E-state index contributed by atoms with van der Waals surface area (Å²) in [6.45, 7) is 10.5. The zero-order chi connectivity index (χ0) is 23.0. The molecule has 3 rings (SSSR count). The average Bonchev–Trinajstić information content (AvgIpc) is 3.31. The van der Waals surface area contributed by atoms with Gasteiger partial charge in [0, 0.05) is 25.6 Å². The number of rotatable bonds is 4. The van der Waals surface area contributed by atoms with Gasteiger partial charge in [0.1, 0.15) is 17.7 Å². The fourth-order valence-corrected chi connectivity index (χ4v) is 5.03. The van der Waals surface area contributed by atoms with Crippen molar-refractivity contribution >= 4 is 18.0 Å². The number of amides is 2. The number of carboxylic acids is 1. The zero-order valence-corrected chi connectivity index (χ0v) is 19.6. The lowest BCUT2D eigenvalue weighted by atomic mass is 9.75. The molecule has 0 aromatic heterocycles. The third-order valence-corrected chi connectivity index (χ3v) is 6.75. The predicted molar refractivity (Wildman–Crippen MR) is 115 cm³/mol. The molecule has 31 heavy (non-hydrogen) atoms. The summed E-state index contributed by atoms with van der Waals surface area (Å²) in [4.78, 5) is 41.4. The van der Waals surface area contributed by atoms with E-state index in [4.69, 9.17) is 9.47 Å². The number of carbonyl (C=O) groups excluding carboxylic acids is 2. The second-order valence-corrected chi connectivity index (χ2v) is 11.0. The van der Waals surface area contributed by atoms with Crippen molar-refractivity contribution in [1.82, 2.24) is 9.80 Å². The minimum Gasteiger partial charge on any atom is -0.480 e. The molecule has 1 aliphatic carbocycles. The molecule has 8 nitrogen and oxygen atoms in total. The Balaban J connectivity index is 1.83. The van der Waals surface area contributed by atoms with Crippen molar-refractivity contribution in [2.24, 2.45) is 5.41 Å². The van der Waals surface area contributed by atoms with Crippen LogP contribution in [-0.2, 0) is 19.1 Å². The molecule has 0 spiro atoms. The van der Waals surface area contributed by atoms with Crippen LogP contribution in [0.2, 0.25) is 0 Å². The number of hydrogen-bond acceptors (Lipinski definition) is 5. The smallest absolute Gasteiger partial charge is 0.411 e. The van der Waals surface area contributed by atoms with Crippen molar-refractivity contribution in [3.05, 3.63) is 0 Å². The summed E-state index contributed by atoms with van der Waals surface area (Å²) in [6, 6.07) is -1.31. The molecule has 2 saturated heterocycles. The summed E-state index contributed by atoms with van der Waals surface area (Å²) in [7, 11) is 0. The van der Waals surface area contributed by atoms with Gasteiger partial charge in [-0.1, -0.05) is 13.8 Å². The Hall–Kier alpha value is -1.83. The Morgan fingerprint density at radius 1 is 1.10 bits per heavy atom. The molecule has 2 heterocycles. The molecule has 0 aromatic rings. The topological polar surface area (TPSA) is 96.4 Å². The van der Waals surface area contributed by atoms with Gasteiger partial charge in [0.25, 0.3) is 5.91 Å². The van der Waals surface area contributed by atoms with Crippen molar-refractivity contribution in [1.29, 1.82) is 0 Å². The van der Waals surface area contributed by atoms with Crippen LogP contribution in [-0.4, -0.2) is 75.9 Å². The Morgan fingerprint density at radius 3 is 2.26 bits per heavy atom. The Bertz CT molecular complexity index is 685. The highest BCUT2D eigenvalue weighted by Gasteiger charge is 2.48. The molecule has 0 unspecified atom stereocenters. The van der Waals surface area contributed by atoms with Crippen LogP contribution < -0.4 is 0 Å². The Kier molecular flexibility index (Phi) is 6.89. The second-order valence-electron chi connectivity index (χ2n) is 11.0. The van der Waals surface area contributed by atoms with Crippen LogP contribution in [0, 0.1) is 5.41 Å². The van der Waals surface area contributed by atoms with Gasteiger partial charge in [-0.25, -0.2) is 9.59 Å². The summed E-state index contributed by atoms with van der Waals surface area (Å²) in [6.07, 6.45) is 4.44. The highest BCUT2D eigenvalue weighted by Crippen LogP contribution is 2.39. The van der Waals surface area contributed by atoms with E-state index < -0.39 is 29.8 Å². The molecule has 1 saturated carbocycles. The molecule has 0 bridgehead atoms. The molecular weight excluding hydrogens is 400 g/mol. The number of aliphatic carboxylic acids is 1. The number of nitrogens with zero attached hydrogens (tertiary/aromatic N) is 2. The first-order valence-electron chi connectivity index (χ1n) is 11.5. The monoisotopic (exact) mass is 438 g/mol. The van der Waals surface area contributed by atoms with Gasteiger partial charge in [-0.3, -0.25) is 9.69 Å². The molecule has 8 heteroatoms.